The maximum Gasteiger partial charge on any atom is 0.264 e. The Hall–Kier alpha value is -0.910. The maximum atomic E-state index is 10.5. The van der Waals surface area contributed by atoms with Crippen LogP contribution < -0.4 is 0 Å². The van der Waals surface area contributed by atoms with Gasteiger partial charge in [-0.2, -0.15) is 8.42 Å². The highest BCUT2D eigenvalue weighted by Gasteiger charge is 2.02. The van der Waals surface area contributed by atoms with Gasteiger partial charge < -0.3 is 4.74 Å². The highest BCUT2D eigenvalue weighted by Crippen LogP contribution is 2.06. The lowest BCUT2D eigenvalue weighted by Crippen LogP contribution is -2.04. The van der Waals surface area contributed by atoms with Crippen LogP contribution in [0, 0.1) is 0 Å². The van der Waals surface area contributed by atoms with Crippen molar-refractivity contribution >= 4 is 10.1 Å². The minimum atomic E-state index is -3.80. The second kappa shape index (κ2) is 10.8. The van der Waals surface area contributed by atoms with Gasteiger partial charge >= 0.3 is 0 Å². The molecule has 0 bridgehead atoms. The fourth-order valence-corrected chi connectivity index (χ4v) is 2.69. The van der Waals surface area contributed by atoms with Crippen LogP contribution in [0.4, 0.5) is 0 Å². The fourth-order valence-electron chi connectivity index (χ4n) is 2.12. The average Bonchev–Trinajstić information content (AvgIpc) is 2.44. The van der Waals surface area contributed by atoms with Gasteiger partial charge in [0.2, 0.25) is 0 Å². The topological polar surface area (TPSA) is 63.6 Å². The van der Waals surface area contributed by atoms with Gasteiger partial charge in [0.1, 0.15) is 0 Å². The first kappa shape index (κ1) is 18.1. The van der Waals surface area contributed by atoms with Crippen molar-refractivity contribution in [2.24, 2.45) is 0 Å². The summed E-state index contributed by atoms with van der Waals surface area (Å²) in [5.41, 5.74) is 1.39. The van der Waals surface area contributed by atoms with E-state index in [1.165, 1.54) is 12.0 Å². The van der Waals surface area contributed by atoms with E-state index in [4.69, 9.17) is 9.29 Å². The maximum absolute atomic E-state index is 10.5. The summed E-state index contributed by atoms with van der Waals surface area (Å²) in [5, 5.41) is 0. The van der Waals surface area contributed by atoms with E-state index in [1.807, 2.05) is 6.07 Å². The molecular formula is C16H26O4S. The third kappa shape index (κ3) is 11.4. The first-order valence-electron chi connectivity index (χ1n) is 7.65. The second-order valence-corrected chi connectivity index (χ2v) is 6.83. The van der Waals surface area contributed by atoms with E-state index in [1.54, 1.807) is 0 Å². The van der Waals surface area contributed by atoms with Gasteiger partial charge in [-0.15, -0.1) is 0 Å². The van der Waals surface area contributed by atoms with Crippen LogP contribution in [0.1, 0.15) is 44.1 Å². The van der Waals surface area contributed by atoms with E-state index < -0.39 is 10.1 Å². The third-order valence-electron chi connectivity index (χ3n) is 3.29. The van der Waals surface area contributed by atoms with Crippen molar-refractivity contribution < 1.29 is 17.7 Å². The van der Waals surface area contributed by atoms with Gasteiger partial charge in [-0.3, -0.25) is 4.55 Å². The predicted molar refractivity (Wildman–Crippen MR) is 85.1 cm³/mol. The summed E-state index contributed by atoms with van der Waals surface area (Å²) in [5.74, 6) is -0.146. The zero-order valence-corrected chi connectivity index (χ0v) is 13.4. The molecule has 0 spiro atoms. The fraction of sp³-hybridized carbons (Fsp3) is 0.625. The van der Waals surface area contributed by atoms with E-state index in [0.717, 1.165) is 38.7 Å². The molecule has 1 aromatic rings. The Bertz CT molecular complexity index is 456. The number of aryl methyl sites for hydroxylation is 1. The van der Waals surface area contributed by atoms with Crippen molar-refractivity contribution in [3.63, 3.8) is 0 Å². The number of benzene rings is 1. The number of rotatable bonds is 12. The van der Waals surface area contributed by atoms with Crippen molar-refractivity contribution in [2.45, 2.75) is 44.9 Å². The summed E-state index contributed by atoms with van der Waals surface area (Å²) in [4.78, 5) is 0. The normalized spacial score (nSPS) is 11.7. The lowest BCUT2D eigenvalue weighted by atomic mass is 10.1. The summed E-state index contributed by atoms with van der Waals surface area (Å²) in [6.07, 6.45) is 6.65. The van der Waals surface area contributed by atoms with Crippen molar-refractivity contribution in [3.8, 4) is 0 Å². The number of hydrogen-bond donors (Lipinski definition) is 1. The molecule has 1 N–H and O–H groups in total. The van der Waals surface area contributed by atoms with Gasteiger partial charge in [0.15, 0.2) is 0 Å². The molecule has 0 fully saturated rings. The Morgan fingerprint density at radius 3 is 2.10 bits per heavy atom. The Morgan fingerprint density at radius 1 is 0.857 bits per heavy atom. The summed E-state index contributed by atoms with van der Waals surface area (Å²) >= 11 is 0. The Balaban J connectivity index is 1.83. The van der Waals surface area contributed by atoms with Crippen molar-refractivity contribution in [1.82, 2.24) is 0 Å². The third-order valence-corrected chi connectivity index (χ3v) is 4.09. The number of hydrogen-bond acceptors (Lipinski definition) is 3. The first-order chi connectivity index (χ1) is 10.1. The molecule has 0 unspecified atom stereocenters. The predicted octanol–water partition coefficient (Wildman–Crippen LogP) is 3.47. The molecule has 0 aliphatic rings. The zero-order chi connectivity index (χ0) is 15.4. The summed E-state index contributed by atoms with van der Waals surface area (Å²) in [6, 6.07) is 10.5. The van der Waals surface area contributed by atoms with E-state index in [9.17, 15) is 8.42 Å². The summed E-state index contributed by atoms with van der Waals surface area (Å²) in [6.45, 7) is 1.44. The van der Waals surface area contributed by atoms with E-state index in [2.05, 4.69) is 24.3 Å². The molecule has 0 saturated carbocycles. The molecule has 120 valence electrons. The Labute approximate surface area is 128 Å². The van der Waals surface area contributed by atoms with Gasteiger partial charge in [-0.25, -0.2) is 0 Å². The standard InChI is InChI=1S/C16H26O4S/c17-21(18,19)15-9-3-8-14-20-13-7-2-6-12-16-10-4-1-5-11-16/h1,4-5,10-11H,2-3,6-9,12-15H2,(H,17,18,19). The smallest absolute Gasteiger partial charge is 0.264 e. The minimum Gasteiger partial charge on any atom is -0.381 e. The van der Waals surface area contributed by atoms with Crippen LogP contribution in [0.5, 0.6) is 0 Å². The molecule has 0 radical (unpaired) electrons. The molecule has 0 aliphatic carbocycles. The van der Waals surface area contributed by atoms with Crippen molar-refractivity contribution in [3.05, 3.63) is 35.9 Å². The molecule has 1 aromatic carbocycles. The highest BCUT2D eigenvalue weighted by molar-refractivity contribution is 7.85. The second-order valence-electron chi connectivity index (χ2n) is 5.26. The molecule has 0 aliphatic heterocycles. The molecule has 0 atom stereocenters. The highest BCUT2D eigenvalue weighted by atomic mass is 32.2. The molecule has 5 heteroatoms. The molecular weight excluding hydrogens is 288 g/mol. The van der Waals surface area contributed by atoms with E-state index >= 15 is 0 Å². The van der Waals surface area contributed by atoms with Gasteiger partial charge in [-0.05, 0) is 37.7 Å². The number of ether oxygens (including phenoxy) is 1. The average molecular weight is 314 g/mol. The van der Waals surface area contributed by atoms with Crippen LogP contribution in [-0.4, -0.2) is 31.9 Å². The molecule has 21 heavy (non-hydrogen) atoms. The van der Waals surface area contributed by atoms with Crippen LogP contribution in [0.15, 0.2) is 30.3 Å². The largest absolute Gasteiger partial charge is 0.381 e. The molecule has 1 rings (SSSR count). The van der Waals surface area contributed by atoms with Gasteiger partial charge in [0, 0.05) is 13.2 Å². The molecule has 0 amide bonds. The van der Waals surface area contributed by atoms with Gasteiger partial charge in [0.25, 0.3) is 10.1 Å². The molecule has 0 saturated heterocycles. The monoisotopic (exact) mass is 314 g/mol. The molecule has 0 aromatic heterocycles. The van der Waals surface area contributed by atoms with Crippen molar-refractivity contribution in [1.29, 1.82) is 0 Å². The van der Waals surface area contributed by atoms with E-state index in [0.29, 0.717) is 13.0 Å². The van der Waals surface area contributed by atoms with Gasteiger partial charge in [0.05, 0.1) is 5.75 Å². The first-order valence-corrected chi connectivity index (χ1v) is 9.26. The van der Waals surface area contributed by atoms with Crippen LogP contribution in [-0.2, 0) is 21.3 Å². The van der Waals surface area contributed by atoms with Crippen molar-refractivity contribution in [2.75, 3.05) is 19.0 Å². The van der Waals surface area contributed by atoms with Crippen LogP contribution >= 0.6 is 0 Å². The van der Waals surface area contributed by atoms with E-state index in [-0.39, 0.29) is 5.75 Å². The lowest BCUT2D eigenvalue weighted by molar-refractivity contribution is 0.126. The SMILES string of the molecule is O=S(=O)(O)CCCCCOCCCCCc1ccccc1. The van der Waals surface area contributed by atoms with Crippen LogP contribution in [0.2, 0.25) is 0 Å². The molecule has 4 nitrogen and oxygen atoms in total. The Morgan fingerprint density at radius 2 is 1.48 bits per heavy atom. The molecule has 0 heterocycles. The zero-order valence-electron chi connectivity index (χ0n) is 12.5. The quantitative estimate of drug-likeness (QED) is 0.474. The lowest BCUT2D eigenvalue weighted by Gasteiger charge is -2.04. The Kier molecular flexibility index (Phi) is 9.30. The summed E-state index contributed by atoms with van der Waals surface area (Å²) in [7, 11) is -3.80. The van der Waals surface area contributed by atoms with Crippen LogP contribution in [0.3, 0.4) is 0 Å². The number of unbranched alkanes of at least 4 members (excludes halogenated alkanes) is 4. The minimum absolute atomic E-state index is 0.146. The summed E-state index contributed by atoms with van der Waals surface area (Å²) < 4.78 is 35.1. The van der Waals surface area contributed by atoms with Gasteiger partial charge in [-0.1, -0.05) is 43.2 Å². The van der Waals surface area contributed by atoms with Crippen LogP contribution in [0.25, 0.3) is 0 Å².